The van der Waals surface area contributed by atoms with E-state index in [0.717, 1.165) is 19.2 Å². The number of amides is 2. The van der Waals surface area contributed by atoms with Crippen LogP contribution in [0.15, 0.2) is 29.2 Å². The molecule has 0 spiro atoms. The van der Waals surface area contributed by atoms with Gasteiger partial charge in [0.1, 0.15) is 6.54 Å². The Morgan fingerprint density at radius 1 is 1.35 bits per heavy atom. The van der Waals surface area contributed by atoms with E-state index in [4.69, 9.17) is 0 Å². The number of esters is 1. The molecule has 5 nitrogen and oxygen atoms in total. The van der Waals surface area contributed by atoms with Gasteiger partial charge in [-0.1, -0.05) is 12.1 Å². The molecule has 2 amide bonds. The second-order valence-corrected chi connectivity index (χ2v) is 5.46. The van der Waals surface area contributed by atoms with Crippen LogP contribution in [0.25, 0.3) is 6.08 Å². The number of hydrogen-bond acceptors (Lipinski definition) is 5. The van der Waals surface area contributed by atoms with Crippen LogP contribution in [0.2, 0.25) is 0 Å². The van der Waals surface area contributed by atoms with Crippen LogP contribution in [0.3, 0.4) is 0 Å². The zero-order valence-corrected chi connectivity index (χ0v) is 12.5. The molecule has 1 fully saturated rings. The van der Waals surface area contributed by atoms with Gasteiger partial charge in [0.25, 0.3) is 11.1 Å². The Bertz CT molecular complexity index is 700. The highest BCUT2D eigenvalue weighted by Crippen LogP contribution is 2.34. The van der Waals surface area contributed by atoms with Crippen molar-refractivity contribution in [3.8, 4) is 0 Å². The van der Waals surface area contributed by atoms with Crippen molar-refractivity contribution in [1.82, 2.24) is 4.90 Å². The average molecular weight is 345 g/mol. The summed E-state index contributed by atoms with van der Waals surface area (Å²) in [6.07, 6.45) is -3.33. The SMILES string of the molecule is COC(=O)CN1C(=O)S/C(=C/c2cccc(C(F)(F)F)c2)C1=O. The third kappa shape index (κ3) is 3.92. The molecule has 0 unspecified atom stereocenters. The largest absolute Gasteiger partial charge is 0.468 e. The van der Waals surface area contributed by atoms with Crippen molar-refractivity contribution < 1.29 is 32.3 Å². The summed E-state index contributed by atoms with van der Waals surface area (Å²) in [4.78, 5) is 35.5. The summed E-state index contributed by atoms with van der Waals surface area (Å²) >= 11 is 0.552. The molecule has 9 heteroatoms. The fraction of sp³-hybridized carbons (Fsp3) is 0.214. The molecular weight excluding hydrogens is 335 g/mol. The van der Waals surface area contributed by atoms with Gasteiger partial charge in [0.2, 0.25) is 0 Å². The fourth-order valence-electron chi connectivity index (χ4n) is 1.79. The van der Waals surface area contributed by atoms with Gasteiger partial charge in [-0.15, -0.1) is 0 Å². The lowest BCUT2D eigenvalue weighted by atomic mass is 10.1. The first-order valence-corrected chi connectivity index (χ1v) is 7.03. The lowest BCUT2D eigenvalue weighted by Gasteiger charge is -2.09. The molecule has 0 bridgehead atoms. The molecule has 1 heterocycles. The van der Waals surface area contributed by atoms with Crippen molar-refractivity contribution in [3.63, 3.8) is 0 Å². The smallest absolute Gasteiger partial charge is 0.416 e. The van der Waals surface area contributed by atoms with Gasteiger partial charge in [0, 0.05) is 0 Å². The highest BCUT2D eigenvalue weighted by Gasteiger charge is 2.36. The Morgan fingerprint density at radius 3 is 2.65 bits per heavy atom. The number of nitrogens with zero attached hydrogens (tertiary/aromatic N) is 1. The quantitative estimate of drug-likeness (QED) is 0.623. The minimum atomic E-state index is -4.51. The van der Waals surface area contributed by atoms with Crippen LogP contribution in [0.1, 0.15) is 11.1 Å². The van der Waals surface area contributed by atoms with E-state index in [0.29, 0.717) is 16.7 Å². The molecule has 1 aromatic carbocycles. The zero-order valence-electron chi connectivity index (χ0n) is 11.7. The summed E-state index contributed by atoms with van der Waals surface area (Å²) in [6, 6.07) is 4.35. The molecule has 0 aromatic heterocycles. The standard InChI is InChI=1S/C14H10F3NO4S/c1-22-11(19)7-18-12(20)10(23-13(18)21)6-8-3-2-4-9(5-8)14(15,16)17/h2-6H,7H2,1H3/b10-6+. The van der Waals surface area contributed by atoms with E-state index in [1.165, 1.54) is 18.2 Å². The number of hydrogen-bond donors (Lipinski definition) is 0. The molecular formula is C14H10F3NO4S. The van der Waals surface area contributed by atoms with Crippen LogP contribution < -0.4 is 0 Å². The van der Waals surface area contributed by atoms with Gasteiger partial charge in [0.15, 0.2) is 0 Å². The molecule has 1 aromatic rings. The van der Waals surface area contributed by atoms with Gasteiger partial charge in [0.05, 0.1) is 17.6 Å². The number of alkyl halides is 3. The second-order valence-electron chi connectivity index (χ2n) is 4.47. The Balaban J connectivity index is 2.26. The van der Waals surface area contributed by atoms with Gasteiger partial charge >= 0.3 is 12.1 Å². The lowest BCUT2D eigenvalue weighted by molar-refractivity contribution is -0.143. The Labute approximate surface area is 133 Å². The first kappa shape index (κ1) is 17.1. The summed E-state index contributed by atoms with van der Waals surface area (Å²) in [5, 5.41) is -0.682. The third-order valence-corrected chi connectivity index (χ3v) is 3.81. The number of carbonyl (C=O) groups excluding carboxylic acids is 3. The molecule has 122 valence electrons. The van der Waals surface area contributed by atoms with E-state index >= 15 is 0 Å². The van der Waals surface area contributed by atoms with Gasteiger partial charge in [-0.3, -0.25) is 19.3 Å². The summed E-state index contributed by atoms with van der Waals surface area (Å²) in [5.41, 5.74) is -0.733. The van der Waals surface area contributed by atoms with Crippen molar-refractivity contribution in [2.24, 2.45) is 0 Å². The minimum Gasteiger partial charge on any atom is -0.468 e. The number of ether oxygens (including phenoxy) is 1. The molecule has 1 aliphatic heterocycles. The molecule has 0 N–H and O–H groups in total. The monoisotopic (exact) mass is 345 g/mol. The summed E-state index contributed by atoms with van der Waals surface area (Å²) in [7, 11) is 1.11. The number of carbonyl (C=O) groups is 3. The van der Waals surface area contributed by atoms with E-state index < -0.39 is 35.4 Å². The topological polar surface area (TPSA) is 63.7 Å². The lowest BCUT2D eigenvalue weighted by Crippen LogP contribution is -2.34. The highest BCUT2D eigenvalue weighted by atomic mass is 32.2. The molecule has 0 radical (unpaired) electrons. The highest BCUT2D eigenvalue weighted by molar-refractivity contribution is 8.18. The van der Waals surface area contributed by atoms with Gasteiger partial charge in [-0.05, 0) is 35.5 Å². The normalized spacial score (nSPS) is 17.0. The first-order valence-electron chi connectivity index (χ1n) is 6.22. The van der Waals surface area contributed by atoms with E-state index in [-0.39, 0.29) is 10.5 Å². The number of rotatable bonds is 3. The predicted molar refractivity (Wildman–Crippen MR) is 76.1 cm³/mol. The fourth-order valence-corrected chi connectivity index (χ4v) is 2.62. The Kier molecular flexibility index (Phi) is 4.79. The van der Waals surface area contributed by atoms with Gasteiger partial charge in [-0.2, -0.15) is 13.2 Å². The molecule has 2 rings (SSSR count). The molecule has 0 atom stereocenters. The second kappa shape index (κ2) is 6.45. The number of benzene rings is 1. The zero-order chi connectivity index (χ0) is 17.2. The maximum absolute atomic E-state index is 12.7. The van der Waals surface area contributed by atoms with Crippen molar-refractivity contribution in [3.05, 3.63) is 40.3 Å². The molecule has 0 aliphatic carbocycles. The number of halogens is 3. The van der Waals surface area contributed by atoms with Crippen LogP contribution in [0.4, 0.5) is 18.0 Å². The van der Waals surface area contributed by atoms with Crippen LogP contribution in [-0.2, 0) is 20.5 Å². The van der Waals surface area contributed by atoms with Crippen LogP contribution in [0.5, 0.6) is 0 Å². The average Bonchev–Trinajstić information content (AvgIpc) is 2.74. The van der Waals surface area contributed by atoms with E-state index in [1.54, 1.807) is 0 Å². The number of imide groups is 1. The third-order valence-electron chi connectivity index (χ3n) is 2.90. The maximum Gasteiger partial charge on any atom is 0.416 e. The number of thioether (sulfide) groups is 1. The predicted octanol–water partition coefficient (Wildman–Crippen LogP) is 2.91. The summed E-state index contributed by atoms with van der Waals surface area (Å²) < 4.78 is 42.4. The molecule has 23 heavy (non-hydrogen) atoms. The van der Waals surface area contributed by atoms with Crippen LogP contribution in [-0.4, -0.2) is 35.7 Å². The van der Waals surface area contributed by atoms with Crippen molar-refractivity contribution in [2.45, 2.75) is 6.18 Å². The summed E-state index contributed by atoms with van der Waals surface area (Å²) in [5.74, 6) is -1.52. The molecule has 1 aliphatic rings. The van der Waals surface area contributed by atoms with Gasteiger partial charge < -0.3 is 4.74 Å². The van der Waals surface area contributed by atoms with Crippen LogP contribution >= 0.6 is 11.8 Å². The first-order chi connectivity index (χ1) is 10.7. The molecule has 1 saturated heterocycles. The van der Waals surface area contributed by atoms with Crippen molar-refractivity contribution >= 4 is 35.0 Å². The molecule has 0 saturated carbocycles. The van der Waals surface area contributed by atoms with Crippen molar-refractivity contribution in [2.75, 3.05) is 13.7 Å². The van der Waals surface area contributed by atoms with Crippen LogP contribution in [0, 0.1) is 0 Å². The van der Waals surface area contributed by atoms with Crippen molar-refractivity contribution in [1.29, 1.82) is 0 Å². The number of methoxy groups -OCH3 is 1. The van der Waals surface area contributed by atoms with Gasteiger partial charge in [-0.25, -0.2) is 0 Å². The van der Waals surface area contributed by atoms with E-state index in [2.05, 4.69) is 4.74 Å². The minimum absolute atomic E-state index is 0.0572. The Hall–Kier alpha value is -2.29. The van der Waals surface area contributed by atoms with E-state index in [1.807, 2.05) is 0 Å². The van der Waals surface area contributed by atoms with E-state index in [9.17, 15) is 27.6 Å². The Morgan fingerprint density at radius 2 is 2.04 bits per heavy atom. The summed E-state index contributed by atoms with van der Waals surface area (Å²) in [6.45, 7) is -0.541. The maximum atomic E-state index is 12.7.